The number of benzene rings is 1. The molecule has 1 heterocycles. The van der Waals surface area contributed by atoms with E-state index in [1.165, 1.54) is 0 Å². The molecule has 13 heavy (non-hydrogen) atoms. The summed E-state index contributed by atoms with van der Waals surface area (Å²) >= 11 is 2.14. The Morgan fingerprint density at radius 3 is 3.00 bits per heavy atom. The second kappa shape index (κ2) is 2.99. The van der Waals surface area contributed by atoms with Crippen LogP contribution in [0.1, 0.15) is 0 Å². The molecule has 2 rings (SSSR count). The molecular weight excluding hydrogens is 281 g/mol. The van der Waals surface area contributed by atoms with E-state index in [0.29, 0.717) is 10.9 Å². The Balaban J connectivity index is 2.95. The first-order valence-electron chi connectivity index (χ1n) is 3.62. The molecule has 0 atom stereocenters. The molecule has 3 N–H and O–H groups in total. The summed E-state index contributed by atoms with van der Waals surface area (Å²) in [5, 5.41) is 0.570. The number of nitrogen functional groups attached to an aromatic ring is 1. The molecule has 4 nitrogen and oxygen atoms in total. The van der Waals surface area contributed by atoms with E-state index in [9.17, 15) is 4.79 Å². The number of aromatic nitrogens is 2. The van der Waals surface area contributed by atoms with E-state index in [4.69, 9.17) is 5.73 Å². The number of halogens is 1. The minimum absolute atomic E-state index is 0.152. The van der Waals surface area contributed by atoms with E-state index in [0.717, 1.165) is 3.57 Å². The Labute approximate surface area is 87.3 Å². The molecule has 0 aliphatic heterocycles. The third-order valence-corrected chi connectivity index (χ3v) is 2.36. The van der Waals surface area contributed by atoms with Crippen LogP contribution >= 0.6 is 22.6 Å². The van der Waals surface area contributed by atoms with Crippen LogP contribution in [-0.4, -0.2) is 9.97 Å². The van der Waals surface area contributed by atoms with Gasteiger partial charge >= 0.3 is 0 Å². The Morgan fingerprint density at radius 1 is 1.46 bits per heavy atom. The number of hydrogen-bond donors (Lipinski definition) is 2. The van der Waals surface area contributed by atoms with Crippen LogP contribution in [0.3, 0.4) is 0 Å². The fourth-order valence-electron chi connectivity index (χ4n) is 1.13. The number of nitrogens with one attached hydrogen (secondary N) is 1. The van der Waals surface area contributed by atoms with Gasteiger partial charge < -0.3 is 5.73 Å². The Kier molecular flexibility index (Phi) is 1.95. The van der Waals surface area contributed by atoms with Crippen molar-refractivity contribution >= 4 is 39.4 Å². The van der Waals surface area contributed by atoms with Gasteiger partial charge in [0, 0.05) is 3.57 Å². The van der Waals surface area contributed by atoms with Gasteiger partial charge in [-0.25, -0.2) is 4.98 Å². The van der Waals surface area contributed by atoms with Gasteiger partial charge in [0.05, 0.1) is 10.9 Å². The summed E-state index contributed by atoms with van der Waals surface area (Å²) in [4.78, 5) is 17.8. The van der Waals surface area contributed by atoms with E-state index in [1.807, 2.05) is 6.07 Å². The average molecular weight is 287 g/mol. The molecule has 0 amide bonds. The molecule has 0 radical (unpaired) electrons. The highest BCUT2D eigenvalue weighted by Crippen LogP contribution is 2.11. The van der Waals surface area contributed by atoms with Gasteiger partial charge in [0.1, 0.15) is 0 Å². The van der Waals surface area contributed by atoms with Crippen LogP contribution in [0.25, 0.3) is 10.9 Å². The van der Waals surface area contributed by atoms with Crippen molar-refractivity contribution in [1.82, 2.24) is 9.97 Å². The topological polar surface area (TPSA) is 71.8 Å². The minimum atomic E-state index is -0.194. The zero-order chi connectivity index (χ0) is 9.42. The van der Waals surface area contributed by atoms with Crippen LogP contribution in [0, 0.1) is 3.57 Å². The van der Waals surface area contributed by atoms with Gasteiger partial charge in [-0.2, -0.15) is 0 Å². The second-order valence-electron chi connectivity index (χ2n) is 2.61. The van der Waals surface area contributed by atoms with Crippen LogP contribution in [0.15, 0.2) is 23.0 Å². The first kappa shape index (κ1) is 8.49. The van der Waals surface area contributed by atoms with Crippen molar-refractivity contribution in [2.45, 2.75) is 0 Å². The van der Waals surface area contributed by atoms with Crippen molar-refractivity contribution in [3.8, 4) is 0 Å². The summed E-state index contributed by atoms with van der Waals surface area (Å²) in [6.07, 6.45) is 0. The number of aromatic amines is 1. The number of nitrogens with zero attached hydrogens (tertiary/aromatic N) is 1. The smallest absolute Gasteiger partial charge is 0.260 e. The van der Waals surface area contributed by atoms with Crippen molar-refractivity contribution in [2.75, 3.05) is 5.73 Å². The van der Waals surface area contributed by atoms with Crippen molar-refractivity contribution in [3.63, 3.8) is 0 Å². The van der Waals surface area contributed by atoms with E-state index in [2.05, 4.69) is 32.6 Å². The first-order chi connectivity index (χ1) is 6.16. The summed E-state index contributed by atoms with van der Waals surface area (Å²) in [5.41, 5.74) is 5.83. The van der Waals surface area contributed by atoms with Crippen LogP contribution in [0.4, 0.5) is 5.95 Å². The molecule has 0 aliphatic rings. The predicted molar refractivity (Wildman–Crippen MR) is 59.5 cm³/mol. The van der Waals surface area contributed by atoms with Crippen LogP contribution in [0.5, 0.6) is 0 Å². The largest absolute Gasteiger partial charge is 0.369 e. The molecule has 2 aromatic rings. The molecular formula is C8H6IN3O. The Morgan fingerprint density at radius 2 is 2.23 bits per heavy atom. The molecule has 0 fully saturated rings. The summed E-state index contributed by atoms with van der Waals surface area (Å²) in [6.45, 7) is 0. The van der Waals surface area contributed by atoms with Gasteiger partial charge in [0.25, 0.3) is 5.56 Å². The minimum Gasteiger partial charge on any atom is -0.369 e. The van der Waals surface area contributed by atoms with Crippen LogP contribution in [0.2, 0.25) is 0 Å². The Bertz CT molecular complexity index is 520. The predicted octanol–water partition coefficient (Wildman–Crippen LogP) is 1.11. The van der Waals surface area contributed by atoms with E-state index >= 15 is 0 Å². The number of nitrogens with two attached hydrogens (primary N) is 1. The Hall–Kier alpha value is -1.11. The lowest BCUT2D eigenvalue weighted by molar-refractivity contribution is 1.19. The maximum Gasteiger partial charge on any atom is 0.260 e. The molecule has 66 valence electrons. The lowest BCUT2D eigenvalue weighted by atomic mass is 10.2. The fourth-order valence-corrected chi connectivity index (χ4v) is 1.62. The monoisotopic (exact) mass is 287 g/mol. The zero-order valence-electron chi connectivity index (χ0n) is 6.54. The fraction of sp³-hybridized carbons (Fsp3) is 0. The van der Waals surface area contributed by atoms with Crippen molar-refractivity contribution < 1.29 is 0 Å². The maximum absolute atomic E-state index is 11.4. The molecule has 0 unspecified atom stereocenters. The lowest BCUT2D eigenvalue weighted by Gasteiger charge is -1.97. The zero-order valence-corrected chi connectivity index (χ0v) is 8.70. The third-order valence-electron chi connectivity index (χ3n) is 1.69. The van der Waals surface area contributed by atoms with Gasteiger partial charge in [0.15, 0.2) is 0 Å². The molecule has 1 aromatic heterocycles. The molecule has 1 aromatic carbocycles. The van der Waals surface area contributed by atoms with Crippen molar-refractivity contribution in [1.29, 1.82) is 0 Å². The molecule has 0 spiro atoms. The average Bonchev–Trinajstić information content (AvgIpc) is 2.06. The quantitative estimate of drug-likeness (QED) is 0.713. The normalized spacial score (nSPS) is 10.5. The first-order valence-corrected chi connectivity index (χ1v) is 4.70. The lowest BCUT2D eigenvalue weighted by Crippen LogP contribution is -2.11. The van der Waals surface area contributed by atoms with Crippen molar-refractivity contribution in [3.05, 3.63) is 32.1 Å². The summed E-state index contributed by atoms with van der Waals surface area (Å²) < 4.78 is 1.00. The van der Waals surface area contributed by atoms with Gasteiger partial charge in [-0.15, -0.1) is 0 Å². The van der Waals surface area contributed by atoms with E-state index < -0.39 is 0 Å². The number of anilines is 1. The summed E-state index contributed by atoms with van der Waals surface area (Å²) in [7, 11) is 0. The van der Waals surface area contributed by atoms with Gasteiger partial charge in [-0.1, -0.05) is 0 Å². The third kappa shape index (κ3) is 1.51. The maximum atomic E-state index is 11.4. The number of hydrogen-bond acceptors (Lipinski definition) is 3. The number of rotatable bonds is 0. The summed E-state index contributed by atoms with van der Waals surface area (Å²) in [5.74, 6) is 0.152. The van der Waals surface area contributed by atoms with E-state index in [-0.39, 0.29) is 11.5 Å². The molecule has 0 bridgehead atoms. The standard InChI is InChI=1S/C8H6IN3O/c9-4-1-2-6-5(3-4)7(13)12-8(10)11-6/h1-3H,(H3,10,11,12,13). The van der Waals surface area contributed by atoms with E-state index in [1.54, 1.807) is 12.1 Å². The van der Waals surface area contributed by atoms with Crippen LogP contribution < -0.4 is 11.3 Å². The molecule has 0 aliphatic carbocycles. The van der Waals surface area contributed by atoms with Gasteiger partial charge in [-0.05, 0) is 40.8 Å². The van der Waals surface area contributed by atoms with Crippen LogP contribution in [-0.2, 0) is 0 Å². The molecule has 0 saturated carbocycles. The number of H-pyrrole nitrogens is 1. The highest BCUT2D eigenvalue weighted by Gasteiger charge is 2.01. The number of fused-ring (bicyclic) bond motifs is 1. The molecule has 5 heteroatoms. The highest BCUT2D eigenvalue weighted by atomic mass is 127. The van der Waals surface area contributed by atoms with Gasteiger partial charge in [-0.3, -0.25) is 9.78 Å². The SMILES string of the molecule is Nc1nc2ccc(I)cc2c(=O)[nH]1. The van der Waals surface area contributed by atoms with Crippen molar-refractivity contribution in [2.24, 2.45) is 0 Å². The molecule has 0 saturated heterocycles. The second-order valence-corrected chi connectivity index (χ2v) is 3.86. The highest BCUT2D eigenvalue weighted by molar-refractivity contribution is 14.1. The summed E-state index contributed by atoms with van der Waals surface area (Å²) in [6, 6.07) is 5.44. The van der Waals surface area contributed by atoms with Gasteiger partial charge in [0.2, 0.25) is 5.95 Å².